The summed E-state index contributed by atoms with van der Waals surface area (Å²) < 4.78 is 0. The van der Waals surface area contributed by atoms with Crippen LogP contribution in [0.15, 0.2) is 60.7 Å². The van der Waals surface area contributed by atoms with Crippen molar-refractivity contribution in [3.8, 4) is 0 Å². The minimum atomic E-state index is 0.256. The Bertz CT molecular complexity index is 539. The number of hydrogen-bond acceptors (Lipinski definition) is 1. The van der Waals surface area contributed by atoms with Crippen molar-refractivity contribution >= 4 is 17.3 Å². The van der Waals surface area contributed by atoms with E-state index in [-0.39, 0.29) is 6.04 Å². The van der Waals surface area contributed by atoms with Gasteiger partial charge in [0.2, 0.25) is 0 Å². The molecule has 0 aliphatic carbocycles. The van der Waals surface area contributed by atoms with Crippen molar-refractivity contribution in [3.05, 3.63) is 71.8 Å². The van der Waals surface area contributed by atoms with Crippen molar-refractivity contribution < 1.29 is 0 Å². The van der Waals surface area contributed by atoms with Crippen LogP contribution in [0.1, 0.15) is 24.1 Å². The zero-order valence-electron chi connectivity index (χ0n) is 11.9. The molecule has 2 aromatic carbocycles. The topological polar surface area (TPSA) is 15.3 Å². The van der Waals surface area contributed by atoms with Gasteiger partial charge in [-0.2, -0.15) is 0 Å². The molecule has 0 bridgehead atoms. The first-order valence-electron chi connectivity index (χ1n) is 6.78. The van der Waals surface area contributed by atoms with Crippen LogP contribution in [0.5, 0.6) is 0 Å². The summed E-state index contributed by atoms with van der Waals surface area (Å²) in [5, 5.41) is 4.08. The Balaban J connectivity index is 1.92. The third-order valence-corrected chi connectivity index (χ3v) is 3.90. The molecule has 3 heteroatoms. The maximum absolute atomic E-state index is 5.47. The van der Waals surface area contributed by atoms with E-state index in [4.69, 9.17) is 12.2 Å². The van der Waals surface area contributed by atoms with E-state index in [1.807, 2.05) is 31.3 Å². The minimum Gasteiger partial charge on any atom is -0.358 e. The van der Waals surface area contributed by atoms with Crippen LogP contribution in [0.25, 0.3) is 0 Å². The standard InChI is InChI=1S/C17H20N2S/c1-14(16-11-7-4-8-12-16)19(2)17(20)18-13-15-9-5-3-6-10-15/h3-12,14H,13H2,1-2H3,(H,18,20)/t14-/m1/s1. The molecule has 2 aromatic rings. The van der Waals surface area contributed by atoms with E-state index < -0.39 is 0 Å². The maximum Gasteiger partial charge on any atom is 0.169 e. The van der Waals surface area contributed by atoms with Crippen molar-refractivity contribution in [1.29, 1.82) is 0 Å². The summed E-state index contributed by atoms with van der Waals surface area (Å²) in [6.07, 6.45) is 0. The first kappa shape index (κ1) is 14.5. The molecule has 0 aliphatic rings. The molecule has 1 N–H and O–H groups in total. The van der Waals surface area contributed by atoms with E-state index in [0.29, 0.717) is 0 Å². The number of benzene rings is 2. The third-order valence-electron chi connectivity index (χ3n) is 3.47. The van der Waals surface area contributed by atoms with Crippen LogP contribution in [-0.2, 0) is 6.54 Å². The fourth-order valence-corrected chi connectivity index (χ4v) is 2.26. The zero-order valence-corrected chi connectivity index (χ0v) is 12.7. The van der Waals surface area contributed by atoms with E-state index in [9.17, 15) is 0 Å². The highest BCUT2D eigenvalue weighted by atomic mass is 32.1. The summed E-state index contributed by atoms with van der Waals surface area (Å²) in [4.78, 5) is 2.09. The lowest BCUT2D eigenvalue weighted by atomic mass is 10.1. The van der Waals surface area contributed by atoms with Crippen LogP contribution in [0.4, 0.5) is 0 Å². The van der Waals surface area contributed by atoms with E-state index in [2.05, 4.69) is 53.5 Å². The van der Waals surface area contributed by atoms with E-state index in [0.717, 1.165) is 11.7 Å². The van der Waals surface area contributed by atoms with Crippen molar-refractivity contribution in [2.75, 3.05) is 7.05 Å². The largest absolute Gasteiger partial charge is 0.358 e. The smallest absolute Gasteiger partial charge is 0.169 e. The van der Waals surface area contributed by atoms with Crippen LogP contribution in [-0.4, -0.2) is 17.1 Å². The van der Waals surface area contributed by atoms with Gasteiger partial charge in [0, 0.05) is 13.6 Å². The van der Waals surface area contributed by atoms with Gasteiger partial charge in [0.1, 0.15) is 0 Å². The Morgan fingerprint density at radius 3 is 2.20 bits per heavy atom. The van der Waals surface area contributed by atoms with Gasteiger partial charge < -0.3 is 10.2 Å². The summed E-state index contributed by atoms with van der Waals surface area (Å²) in [6.45, 7) is 2.91. The lowest BCUT2D eigenvalue weighted by Gasteiger charge is -2.28. The van der Waals surface area contributed by atoms with E-state index >= 15 is 0 Å². The molecule has 0 radical (unpaired) electrons. The molecular formula is C17H20N2S. The molecular weight excluding hydrogens is 264 g/mol. The quantitative estimate of drug-likeness (QED) is 0.861. The summed E-state index contributed by atoms with van der Waals surface area (Å²) in [5.41, 5.74) is 2.49. The van der Waals surface area contributed by atoms with Crippen molar-refractivity contribution in [1.82, 2.24) is 10.2 Å². The Labute approximate surface area is 126 Å². The SMILES string of the molecule is C[C@H](c1ccccc1)N(C)C(=S)NCc1ccccc1. The second kappa shape index (κ2) is 7.06. The van der Waals surface area contributed by atoms with Gasteiger partial charge >= 0.3 is 0 Å². The average molecular weight is 284 g/mol. The van der Waals surface area contributed by atoms with Crippen molar-refractivity contribution in [2.45, 2.75) is 19.5 Å². The van der Waals surface area contributed by atoms with Crippen LogP contribution in [0.3, 0.4) is 0 Å². The average Bonchev–Trinajstić information content (AvgIpc) is 2.53. The molecule has 0 amide bonds. The highest BCUT2D eigenvalue weighted by molar-refractivity contribution is 7.80. The molecule has 2 nitrogen and oxygen atoms in total. The number of rotatable bonds is 4. The Kier molecular flexibility index (Phi) is 5.13. The molecule has 0 spiro atoms. The third kappa shape index (κ3) is 3.81. The summed E-state index contributed by atoms with van der Waals surface area (Å²) >= 11 is 5.47. The predicted octanol–water partition coefficient (Wildman–Crippen LogP) is 3.75. The summed E-state index contributed by atoms with van der Waals surface area (Å²) in [7, 11) is 2.03. The fourth-order valence-electron chi connectivity index (χ4n) is 2.03. The van der Waals surface area contributed by atoms with Crippen LogP contribution in [0, 0.1) is 0 Å². The number of hydrogen-bond donors (Lipinski definition) is 1. The van der Waals surface area contributed by atoms with Gasteiger partial charge in [0.15, 0.2) is 5.11 Å². The lowest BCUT2D eigenvalue weighted by molar-refractivity contribution is 0.395. The van der Waals surface area contributed by atoms with E-state index in [1.54, 1.807) is 0 Å². The molecule has 104 valence electrons. The van der Waals surface area contributed by atoms with Crippen LogP contribution >= 0.6 is 12.2 Å². The highest BCUT2D eigenvalue weighted by Gasteiger charge is 2.13. The number of thiocarbonyl (C=S) groups is 1. The highest BCUT2D eigenvalue weighted by Crippen LogP contribution is 2.18. The second-order valence-corrected chi connectivity index (χ2v) is 5.23. The van der Waals surface area contributed by atoms with Gasteiger partial charge in [-0.15, -0.1) is 0 Å². The first-order chi connectivity index (χ1) is 9.68. The zero-order chi connectivity index (χ0) is 14.4. The summed E-state index contributed by atoms with van der Waals surface area (Å²) in [6, 6.07) is 20.9. The Morgan fingerprint density at radius 2 is 1.60 bits per heavy atom. The van der Waals surface area contributed by atoms with Crippen molar-refractivity contribution in [3.63, 3.8) is 0 Å². The van der Waals surface area contributed by atoms with Crippen LogP contribution < -0.4 is 5.32 Å². The number of nitrogens with zero attached hydrogens (tertiary/aromatic N) is 1. The molecule has 20 heavy (non-hydrogen) atoms. The Morgan fingerprint density at radius 1 is 1.05 bits per heavy atom. The molecule has 0 aliphatic heterocycles. The Hall–Kier alpha value is -1.87. The molecule has 0 saturated heterocycles. The van der Waals surface area contributed by atoms with E-state index in [1.165, 1.54) is 11.1 Å². The maximum atomic E-state index is 5.47. The second-order valence-electron chi connectivity index (χ2n) is 4.84. The van der Waals surface area contributed by atoms with Gasteiger partial charge in [0.25, 0.3) is 0 Å². The molecule has 0 saturated carbocycles. The molecule has 0 aromatic heterocycles. The first-order valence-corrected chi connectivity index (χ1v) is 7.19. The molecule has 0 heterocycles. The molecule has 1 atom stereocenters. The van der Waals surface area contributed by atoms with Gasteiger partial charge in [-0.3, -0.25) is 0 Å². The normalized spacial score (nSPS) is 11.7. The lowest BCUT2D eigenvalue weighted by Crippen LogP contribution is -2.38. The summed E-state index contributed by atoms with van der Waals surface area (Å²) in [5.74, 6) is 0. The van der Waals surface area contributed by atoms with Gasteiger partial charge in [-0.25, -0.2) is 0 Å². The van der Waals surface area contributed by atoms with Crippen molar-refractivity contribution in [2.24, 2.45) is 0 Å². The fraction of sp³-hybridized carbons (Fsp3) is 0.235. The van der Waals surface area contributed by atoms with Gasteiger partial charge in [0.05, 0.1) is 6.04 Å². The monoisotopic (exact) mass is 284 g/mol. The van der Waals surface area contributed by atoms with Gasteiger partial charge in [-0.1, -0.05) is 60.7 Å². The number of nitrogens with one attached hydrogen (secondary N) is 1. The minimum absolute atomic E-state index is 0.256. The molecule has 0 unspecified atom stereocenters. The molecule has 0 fully saturated rings. The molecule has 2 rings (SSSR count). The predicted molar refractivity (Wildman–Crippen MR) is 88.5 cm³/mol. The van der Waals surface area contributed by atoms with Gasteiger partial charge in [-0.05, 0) is 30.3 Å². The van der Waals surface area contributed by atoms with Crippen LogP contribution in [0.2, 0.25) is 0 Å².